The Morgan fingerprint density at radius 3 is 0.765 bits per heavy atom. The summed E-state index contributed by atoms with van der Waals surface area (Å²) in [5.41, 5.74) is -4.05. The third-order valence-corrected chi connectivity index (χ3v) is 20.1. The van der Waals surface area contributed by atoms with Crippen molar-refractivity contribution in [1.29, 1.82) is 0 Å². The van der Waals surface area contributed by atoms with Gasteiger partial charge >= 0.3 is 0 Å². The molecule has 14 aromatic rings. The zero-order valence-corrected chi connectivity index (χ0v) is 68.9. The van der Waals surface area contributed by atoms with Gasteiger partial charge in [0, 0.05) is 108 Å². The molecule has 0 aliphatic rings. The van der Waals surface area contributed by atoms with Crippen LogP contribution in [0.15, 0.2) is 195 Å². The maximum absolute atomic E-state index is 14.5. The van der Waals surface area contributed by atoms with Crippen molar-refractivity contribution in [2.24, 2.45) is 0 Å². The van der Waals surface area contributed by atoms with Gasteiger partial charge in [-0.05, 0) is 131 Å². The molecule has 40 nitrogen and oxygen atoms in total. The van der Waals surface area contributed by atoms with Gasteiger partial charge in [-0.2, -0.15) is 0 Å². The van der Waals surface area contributed by atoms with Crippen molar-refractivity contribution in [3.05, 3.63) is 221 Å². The lowest BCUT2D eigenvalue weighted by Crippen LogP contribution is -2.29. The number of phenols is 16. The molecule has 10 aromatic carbocycles. The summed E-state index contributed by atoms with van der Waals surface area (Å²) < 4.78 is 70.3. The Kier molecular flexibility index (Phi) is 28.1. The molecule has 0 saturated carbocycles. The fraction of sp³-hybridized carbons (Fsp3) is 0.196. The van der Waals surface area contributed by atoms with E-state index in [2.05, 4.69) is 21.3 Å². The number of nitrogens with one attached hydrogen (secondary N) is 4. The lowest BCUT2D eigenvalue weighted by Gasteiger charge is -2.19. The molecule has 22 N–H and O–H groups in total. The van der Waals surface area contributed by atoms with E-state index in [0.29, 0.717) is 0 Å². The summed E-state index contributed by atoms with van der Waals surface area (Å²) in [4.78, 5) is 84.7. The fourth-order valence-corrected chi connectivity index (χ4v) is 13.9. The molecule has 0 saturated heterocycles. The molecule has 4 aromatic heterocycles. The highest BCUT2D eigenvalue weighted by atomic mass is 16.6. The third-order valence-electron chi connectivity index (χ3n) is 20.1. The summed E-state index contributed by atoms with van der Waals surface area (Å²) in [7, 11) is 0. The number of aliphatic hydroxyl groups excluding tert-OH is 2. The number of aliphatic hydroxyl groups is 2. The molecule has 0 aliphatic carbocycles. The van der Waals surface area contributed by atoms with Crippen LogP contribution in [0.25, 0.3) is 100 Å². The topological polar surface area (TPSA) is 641 Å². The van der Waals surface area contributed by atoms with Crippen LogP contribution in [0.3, 0.4) is 0 Å². The Hall–Kier alpha value is -16.3. The average Bonchev–Trinajstić information content (AvgIpc) is 0.774. The minimum Gasteiger partial charge on any atom is -0.508 e. The lowest BCUT2D eigenvalue weighted by molar-refractivity contribution is 0.0812. The van der Waals surface area contributed by atoms with Crippen LogP contribution < -0.4 is 61.9 Å². The molecule has 0 fully saturated rings. The summed E-state index contributed by atoms with van der Waals surface area (Å²) in [5, 5.41) is 199. The van der Waals surface area contributed by atoms with Gasteiger partial charge in [-0.15, -0.1) is 0 Å². The fourth-order valence-electron chi connectivity index (χ4n) is 13.9. The first-order chi connectivity index (χ1) is 63.4. The second-order valence-electron chi connectivity index (χ2n) is 29.3. The van der Waals surface area contributed by atoms with E-state index in [0.717, 1.165) is 97.1 Å². The molecule has 0 radical (unpaired) electrons. The normalized spacial score (nSPS) is 11.9. The molecule has 0 aliphatic heterocycles. The van der Waals surface area contributed by atoms with E-state index in [1.165, 1.54) is 60.7 Å². The van der Waals surface area contributed by atoms with Gasteiger partial charge in [0.2, 0.25) is 44.7 Å². The van der Waals surface area contributed by atoms with Crippen LogP contribution in [0.2, 0.25) is 0 Å². The van der Waals surface area contributed by atoms with Crippen molar-refractivity contribution < 1.29 is 157 Å². The van der Waals surface area contributed by atoms with Gasteiger partial charge in [-0.3, -0.25) is 39.4 Å². The van der Waals surface area contributed by atoms with E-state index in [1.807, 2.05) is 0 Å². The highest BCUT2D eigenvalue weighted by molar-refractivity contribution is 5.98. The number of phenolic OH excluding ortho intramolecular Hbond substituents is 16. The number of aromatic hydroxyl groups is 16. The molecule has 2 unspecified atom stereocenters. The van der Waals surface area contributed by atoms with Gasteiger partial charge in [0.15, 0.2) is 69.0 Å². The summed E-state index contributed by atoms with van der Waals surface area (Å²) in [5.74, 6) is -12.9. The summed E-state index contributed by atoms with van der Waals surface area (Å²) in [6.45, 7) is -3.60. The molecule has 4 heterocycles. The number of carbonyl (C=O) groups is 2. The van der Waals surface area contributed by atoms with Gasteiger partial charge in [-0.1, -0.05) is 0 Å². The predicted molar refractivity (Wildman–Crippen MR) is 466 cm³/mol. The minimum absolute atomic E-state index is 0.0378. The van der Waals surface area contributed by atoms with Crippen LogP contribution in [-0.2, 0) is 18.9 Å². The van der Waals surface area contributed by atoms with Crippen LogP contribution in [0.4, 0.5) is 0 Å². The number of carbonyl (C=O) groups excluding carboxylic acids is 2. The summed E-state index contributed by atoms with van der Waals surface area (Å²) in [6.07, 6.45) is -3.24. The molecule has 2 amide bonds. The maximum atomic E-state index is 14.5. The first-order valence-electron chi connectivity index (χ1n) is 40.1. The van der Waals surface area contributed by atoms with Crippen LogP contribution in [0.1, 0.15) is 44.3 Å². The molecule has 2 atom stereocenters. The minimum atomic E-state index is -1.62. The van der Waals surface area contributed by atoms with E-state index in [1.54, 1.807) is 0 Å². The van der Waals surface area contributed by atoms with Crippen molar-refractivity contribution >= 4 is 55.7 Å². The van der Waals surface area contributed by atoms with Crippen molar-refractivity contribution in [1.82, 2.24) is 21.3 Å². The predicted octanol–water partition coefficient (Wildman–Crippen LogP) is 8.74. The van der Waals surface area contributed by atoms with Gasteiger partial charge in [0.05, 0.1) is 52.9 Å². The summed E-state index contributed by atoms with van der Waals surface area (Å²) in [6, 6.07) is 30.5. The molecule has 14 rings (SSSR count). The standard InChI is InChI=1S/C92H82N4O36/c97-53-35-65(109)73-69(39-53)129-81(43-1-5-57(101)61(105)31-43)85(77(73)113)125-21-17-121-13-9-93-89(117)49-25-47(26-50(29-49)90(118)94-10-14-122-18-22-126-86-78(114)74-66(110)36-54(98)40-70(74)130-82(86)44-2-6-58(102)62(106)32-44)48-27-51(91(119)95-11-15-123-19-23-127-87-79(115)75-67(111)37-55(99)41-71(75)131-83(87)45-3-7-59(103)63(107)33-45)30-52(28-48)92(120)96-12-16-124-20-24-128-88-80(116)76-68(112)38-56(100)42-72(76)132-84(88)46-4-8-60(104)64(108)34-46/h1-8,25-42,89,91,93,95,97-112,117,119H,9-24H2,(H,94,118)(H,96,120). The molecule has 40 heteroatoms. The number of hydrogen-bond acceptors (Lipinski definition) is 38. The quantitative estimate of drug-likeness (QED) is 0.00972. The summed E-state index contributed by atoms with van der Waals surface area (Å²) >= 11 is 0. The number of amides is 2. The first kappa shape index (κ1) is 91.9. The van der Waals surface area contributed by atoms with Crippen molar-refractivity contribution in [3.63, 3.8) is 0 Å². The van der Waals surface area contributed by atoms with Crippen LogP contribution >= 0.6 is 0 Å². The number of benzene rings is 10. The zero-order chi connectivity index (χ0) is 93.9. The largest absolute Gasteiger partial charge is 0.508 e. The highest BCUT2D eigenvalue weighted by Gasteiger charge is 2.29. The van der Waals surface area contributed by atoms with E-state index < -0.39 is 161 Å². The average molecular weight is 1820 g/mol. The Morgan fingerprint density at radius 1 is 0.265 bits per heavy atom. The first-order valence-corrected chi connectivity index (χ1v) is 40.1. The Morgan fingerprint density at radius 2 is 0.515 bits per heavy atom. The Bertz CT molecular complexity index is 6600. The van der Waals surface area contributed by atoms with Crippen molar-refractivity contribution in [3.8, 4) is 171 Å². The highest BCUT2D eigenvalue weighted by Crippen LogP contribution is 2.45. The molecule has 686 valence electrons. The van der Waals surface area contributed by atoms with E-state index in [-0.39, 0.29) is 228 Å². The van der Waals surface area contributed by atoms with Crippen LogP contribution in [0, 0.1) is 0 Å². The molecular formula is C92H82N4O36. The molecule has 0 bridgehead atoms. The van der Waals surface area contributed by atoms with Crippen LogP contribution in [-0.4, -0.2) is 209 Å². The Balaban J connectivity index is 0.693. The lowest BCUT2D eigenvalue weighted by atomic mass is 9.95. The van der Waals surface area contributed by atoms with E-state index in [4.69, 9.17) is 55.6 Å². The number of rotatable bonds is 39. The van der Waals surface area contributed by atoms with Gasteiger partial charge in [-0.25, -0.2) is 0 Å². The zero-order valence-electron chi connectivity index (χ0n) is 68.9. The SMILES string of the molecule is O=C(NCCOCCOc1c(-c2ccc(O)c(O)c2)oc2cc(O)cc(O)c2c1=O)c1cc(-c2cc(C(=O)NCCOCCOc3c(-c4ccc(O)c(O)c4)oc4cc(O)cc(O)c4c3=O)cc(C(O)NCCOCCOc3c(-c4ccc(O)c(O)c4)oc4cc(O)cc(O)c4c3=O)c2)cc(C(O)NCCOCCOc2c(-c3ccc(O)c(O)c3)oc3cc(O)cc(O)c3c2=O)c1. The number of ether oxygens (including phenoxy) is 8. The second kappa shape index (κ2) is 40.3. The maximum Gasteiger partial charge on any atom is 0.251 e. The van der Waals surface area contributed by atoms with Gasteiger partial charge < -0.3 is 158 Å². The molecule has 132 heavy (non-hydrogen) atoms. The van der Waals surface area contributed by atoms with E-state index in [9.17, 15) is 121 Å². The third kappa shape index (κ3) is 20.8. The monoisotopic (exact) mass is 1820 g/mol. The van der Waals surface area contributed by atoms with Crippen molar-refractivity contribution in [2.75, 3.05) is 105 Å². The number of hydrogen-bond donors (Lipinski definition) is 22. The molecular weight excluding hydrogens is 1740 g/mol. The number of fused-ring (bicyclic) bond motifs is 4. The van der Waals surface area contributed by atoms with E-state index >= 15 is 0 Å². The van der Waals surface area contributed by atoms with Crippen LogP contribution in [0.5, 0.6) is 115 Å². The van der Waals surface area contributed by atoms with Gasteiger partial charge in [0.25, 0.3) is 11.8 Å². The molecule has 0 spiro atoms. The van der Waals surface area contributed by atoms with Crippen molar-refractivity contribution in [2.45, 2.75) is 12.5 Å². The smallest absolute Gasteiger partial charge is 0.251 e. The second-order valence-corrected chi connectivity index (χ2v) is 29.3. The Labute approximate surface area is 741 Å². The van der Waals surface area contributed by atoms with Gasteiger partial charge in [0.1, 0.15) is 129 Å².